The number of amides is 1. The Morgan fingerprint density at radius 2 is 2.00 bits per heavy atom. The lowest BCUT2D eigenvalue weighted by molar-refractivity contribution is 0.0949. The van der Waals surface area contributed by atoms with E-state index in [0.29, 0.717) is 35.9 Å². The van der Waals surface area contributed by atoms with E-state index < -0.39 is 0 Å². The van der Waals surface area contributed by atoms with E-state index in [1.807, 2.05) is 37.3 Å². The topological polar surface area (TPSA) is 49.3 Å². The molecule has 1 saturated carbocycles. The third-order valence-corrected chi connectivity index (χ3v) is 4.84. The van der Waals surface area contributed by atoms with E-state index in [9.17, 15) is 9.90 Å². The van der Waals surface area contributed by atoms with Crippen LogP contribution in [0.4, 0.5) is 0 Å². The molecule has 0 aliphatic heterocycles. The summed E-state index contributed by atoms with van der Waals surface area (Å²) in [5.74, 6) is 0.497. The molecule has 3 rings (SSSR count). The quantitative estimate of drug-likeness (QED) is 0.819. The molecule has 0 spiro atoms. The number of benzene rings is 2. The van der Waals surface area contributed by atoms with Crippen LogP contribution in [0.3, 0.4) is 0 Å². The van der Waals surface area contributed by atoms with Gasteiger partial charge in [0.1, 0.15) is 5.75 Å². The highest BCUT2D eigenvalue weighted by Gasteiger charge is 2.23. The molecule has 0 heterocycles. The maximum atomic E-state index is 12.4. The van der Waals surface area contributed by atoms with Crippen LogP contribution in [0.15, 0.2) is 36.4 Å². The Morgan fingerprint density at radius 3 is 2.67 bits per heavy atom. The van der Waals surface area contributed by atoms with Crippen molar-refractivity contribution in [2.24, 2.45) is 5.92 Å². The van der Waals surface area contributed by atoms with Gasteiger partial charge in [0.15, 0.2) is 0 Å². The molecule has 0 aromatic heterocycles. The monoisotopic (exact) mass is 343 g/mol. The predicted molar refractivity (Wildman–Crippen MR) is 96.8 cm³/mol. The molecule has 126 valence electrons. The highest BCUT2D eigenvalue weighted by atomic mass is 35.5. The Balaban J connectivity index is 1.87. The normalized spacial score (nSPS) is 13.8. The molecule has 2 aromatic carbocycles. The minimum atomic E-state index is -0.199. The lowest BCUT2D eigenvalue weighted by Crippen LogP contribution is -2.26. The van der Waals surface area contributed by atoms with Crippen LogP contribution in [0.25, 0.3) is 0 Å². The largest absolute Gasteiger partial charge is 0.507 e. The van der Waals surface area contributed by atoms with Crippen molar-refractivity contribution in [2.75, 3.05) is 6.54 Å². The third kappa shape index (κ3) is 3.90. The maximum absolute atomic E-state index is 12.4. The number of halogens is 1. The van der Waals surface area contributed by atoms with E-state index in [1.54, 1.807) is 6.07 Å². The minimum absolute atomic E-state index is 0.0914. The number of nitrogens with one attached hydrogen (secondary N) is 1. The van der Waals surface area contributed by atoms with Crippen molar-refractivity contribution in [2.45, 2.75) is 32.6 Å². The molecule has 1 amide bonds. The number of aryl methyl sites for hydroxylation is 1. The standard InChI is InChI=1S/C20H22ClNO2/c1-2-15-9-14(10-16-5-3-4-6-18(16)21)11-17(19(15)23)20(24)22-12-13-7-8-13/h3-6,9,11,13,23H,2,7-8,10,12H2,1H3,(H,22,24). The number of carbonyl (C=O) groups excluding carboxylic acids is 1. The smallest absolute Gasteiger partial charge is 0.255 e. The molecule has 24 heavy (non-hydrogen) atoms. The van der Waals surface area contributed by atoms with Gasteiger partial charge in [0, 0.05) is 11.6 Å². The van der Waals surface area contributed by atoms with E-state index in [2.05, 4.69) is 5.32 Å². The van der Waals surface area contributed by atoms with Crippen molar-refractivity contribution in [3.8, 4) is 5.75 Å². The summed E-state index contributed by atoms with van der Waals surface area (Å²) in [6.07, 6.45) is 3.67. The fourth-order valence-corrected chi connectivity index (χ4v) is 3.02. The van der Waals surface area contributed by atoms with Gasteiger partial charge in [-0.2, -0.15) is 0 Å². The molecular weight excluding hydrogens is 322 g/mol. The van der Waals surface area contributed by atoms with Crippen LogP contribution >= 0.6 is 11.6 Å². The molecule has 0 unspecified atom stereocenters. The summed E-state index contributed by atoms with van der Waals surface area (Å²) in [5, 5.41) is 14.0. The summed E-state index contributed by atoms with van der Waals surface area (Å²) in [6, 6.07) is 11.4. The number of phenols is 1. The van der Waals surface area contributed by atoms with Gasteiger partial charge in [-0.25, -0.2) is 0 Å². The van der Waals surface area contributed by atoms with Gasteiger partial charge < -0.3 is 10.4 Å². The molecule has 4 heteroatoms. The van der Waals surface area contributed by atoms with E-state index in [0.717, 1.165) is 16.7 Å². The van der Waals surface area contributed by atoms with E-state index in [-0.39, 0.29) is 11.7 Å². The van der Waals surface area contributed by atoms with Crippen LogP contribution in [-0.2, 0) is 12.8 Å². The van der Waals surface area contributed by atoms with Crippen LogP contribution in [-0.4, -0.2) is 17.6 Å². The lowest BCUT2D eigenvalue weighted by atomic mass is 9.97. The fourth-order valence-electron chi connectivity index (χ4n) is 2.82. The minimum Gasteiger partial charge on any atom is -0.507 e. The highest BCUT2D eigenvalue weighted by molar-refractivity contribution is 6.31. The van der Waals surface area contributed by atoms with Crippen molar-refractivity contribution >= 4 is 17.5 Å². The molecule has 0 atom stereocenters. The molecule has 2 N–H and O–H groups in total. The zero-order valence-electron chi connectivity index (χ0n) is 13.8. The molecule has 0 radical (unpaired) electrons. The van der Waals surface area contributed by atoms with Crippen molar-refractivity contribution < 1.29 is 9.90 Å². The van der Waals surface area contributed by atoms with Crippen LogP contribution in [0.2, 0.25) is 5.02 Å². The molecular formula is C20H22ClNO2. The number of rotatable bonds is 6. The first-order valence-electron chi connectivity index (χ1n) is 8.44. The SMILES string of the molecule is CCc1cc(Cc2ccccc2Cl)cc(C(=O)NCC2CC2)c1O. The fraction of sp³-hybridized carbons (Fsp3) is 0.350. The van der Waals surface area contributed by atoms with E-state index >= 15 is 0 Å². The maximum Gasteiger partial charge on any atom is 0.255 e. The van der Waals surface area contributed by atoms with Gasteiger partial charge in [0.05, 0.1) is 5.56 Å². The Bertz CT molecular complexity index is 753. The molecule has 3 nitrogen and oxygen atoms in total. The summed E-state index contributed by atoms with van der Waals surface area (Å²) in [5.41, 5.74) is 3.14. The van der Waals surface area contributed by atoms with E-state index in [1.165, 1.54) is 12.8 Å². The second kappa shape index (κ2) is 7.27. The van der Waals surface area contributed by atoms with Gasteiger partial charge in [-0.1, -0.05) is 42.8 Å². The third-order valence-electron chi connectivity index (χ3n) is 4.47. The number of aromatic hydroxyl groups is 1. The molecule has 1 aliphatic rings. The zero-order valence-corrected chi connectivity index (χ0v) is 14.6. The Morgan fingerprint density at radius 1 is 1.25 bits per heavy atom. The first-order valence-corrected chi connectivity index (χ1v) is 8.82. The van der Waals surface area contributed by atoms with Gasteiger partial charge in [-0.15, -0.1) is 0 Å². The average Bonchev–Trinajstić information content (AvgIpc) is 3.40. The molecule has 2 aromatic rings. The summed E-state index contributed by atoms with van der Waals surface area (Å²) in [4.78, 5) is 12.4. The first kappa shape index (κ1) is 16.8. The molecule has 1 aliphatic carbocycles. The second-order valence-corrected chi connectivity index (χ2v) is 6.83. The summed E-state index contributed by atoms with van der Waals surface area (Å²) >= 11 is 6.24. The van der Waals surface area contributed by atoms with Gasteiger partial charge in [-0.05, 0) is 60.4 Å². The van der Waals surface area contributed by atoms with Gasteiger partial charge in [0.25, 0.3) is 5.91 Å². The van der Waals surface area contributed by atoms with E-state index in [4.69, 9.17) is 11.6 Å². The predicted octanol–water partition coefficient (Wildman–Crippen LogP) is 4.34. The van der Waals surface area contributed by atoms with Crippen molar-refractivity contribution in [3.63, 3.8) is 0 Å². The van der Waals surface area contributed by atoms with Gasteiger partial charge in [-0.3, -0.25) is 4.79 Å². The van der Waals surface area contributed by atoms with Crippen molar-refractivity contribution in [1.82, 2.24) is 5.32 Å². The van der Waals surface area contributed by atoms with Crippen LogP contribution in [0.5, 0.6) is 5.75 Å². The summed E-state index contributed by atoms with van der Waals surface area (Å²) in [7, 11) is 0. The molecule has 0 bridgehead atoms. The van der Waals surface area contributed by atoms with Crippen LogP contribution in [0, 0.1) is 5.92 Å². The highest BCUT2D eigenvalue weighted by Crippen LogP contribution is 2.30. The zero-order chi connectivity index (χ0) is 17.1. The average molecular weight is 344 g/mol. The molecule has 1 fully saturated rings. The number of hydrogen-bond donors (Lipinski definition) is 2. The number of carbonyl (C=O) groups is 1. The van der Waals surface area contributed by atoms with Crippen LogP contribution < -0.4 is 5.32 Å². The summed E-state index contributed by atoms with van der Waals surface area (Å²) < 4.78 is 0. The number of phenolic OH excluding ortho intramolecular Hbond substituents is 1. The van der Waals surface area contributed by atoms with Gasteiger partial charge in [0.2, 0.25) is 0 Å². The first-order chi connectivity index (χ1) is 11.6. The van der Waals surface area contributed by atoms with Crippen molar-refractivity contribution in [1.29, 1.82) is 0 Å². The number of hydrogen-bond acceptors (Lipinski definition) is 2. The van der Waals surface area contributed by atoms with Gasteiger partial charge >= 0.3 is 0 Å². The molecule has 0 saturated heterocycles. The lowest BCUT2D eigenvalue weighted by Gasteiger charge is -2.13. The Labute approximate surface area is 147 Å². The van der Waals surface area contributed by atoms with Crippen LogP contribution in [0.1, 0.15) is 46.8 Å². The Kier molecular flexibility index (Phi) is 5.10. The second-order valence-electron chi connectivity index (χ2n) is 6.43. The summed E-state index contributed by atoms with van der Waals surface area (Å²) in [6.45, 7) is 2.66. The Hall–Kier alpha value is -2.00. The van der Waals surface area contributed by atoms with Crippen molar-refractivity contribution in [3.05, 3.63) is 63.7 Å².